The summed E-state index contributed by atoms with van der Waals surface area (Å²) in [4.78, 5) is 41.8. The number of para-hydroxylation sites is 1. The molecule has 0 spiro atoms. The second-order valence-corrected chi connectivity index (χ2v) is 9.37. The predicted molar refractivity (Wildman–Crippen MR) is 134 cm³/mol. The summed E-state index contributed by atoms with van der Waals surface area (Å²) in [5.74, 6) is 1.39. The number of benzene rings is 1. The van der Waals surface area contributed by atoms with Crippen LogP contribution in [0.4, 0.5) is 22.5 Å². The Kier molecular flexibility index (Phi) is 7.25. The molecular weight excluding hydrogens is 476 g/mol. The van der Waals surface area contributed by atoms with Crippen molar-refractivity contribution in [2.45, 2.75) is 13.8 Å². The summed E-state index contributed by atoms with van der Waals surface area (Å²) in [5, 5.41) is 7.05. The highest BCUT2D eigenvalue weighted by atomic mass is 35.5. The third kappa shape index (κ3) is 5.79. The number of nitrogens with zero attached hydrogens (tertiary/aromatic N) is 5. The first-order valence-electron chi connectivity index (χ1n) is 10.7. The molecule has 1 aliphatic rings. The molecule has 0 unspecified atom stereocenters. The molecule has 1 aliphatic heterocycles. The monoisotopic (exact) mass is 500 g/mol. The van der Waals surface area contributed by atoms with Gasteiger partial charge in [-0.25, -0.2) is 15.0 Å². The largest absolute Gasteiger partial charge is 0.369 e. The predicted octanol–water partition coefficient (Wildman–Crippen LogP) is 2.81. The van der Waals surface area contributed by atoms with E-state index in [2.05, 4.69) is 30.5 Å². The van der Waals surface area contributed by atoms with E-state index in [0.717, 1.165) is 37.6 Å². The molecule has 1 aromatic carbocycles. The Bertz CT molecular complexity index is 1190. The maximum absolute atomic E-state index is 12.7. The van der Waals surface area contributed by atoms with Gasteiger partial charge < -0.3 is 21.3 Å². The van der Waals surface area contributed by atoms with Gasteiger partial charge in [-0.2, -0.15) is 0 Å². The minimum Gasteiger partial charge on any atom is -0.369 e. The van der Waals surface area contributed by atoms with Crippen LogP contribution < -0.4 is 21.3 Å². The molecule has 4 rings (SSSR count). The van der Waals surface area contributed by atoms with Crippen molar-refractivity contribution < 1.29 is 9.59 Å². The number of thiazole rings is 1. The first-order valence-corrected chi connectivity index (χ1v) is 11.9. The molecule has 4 N–H and O–H groups in total. The summed E-state index contributed by atoms with van der Waals surface area (Å²) in [6.45, 7) is 6.88. The summed E-state index contributed by atoms with van der Waals surface area (Å²) in [6.07, 6.45) is 1.52. The van der Waals surface area contributed by atoms with E-state index in [1.54, 1.807) is 6.07 Å². The number of anilines is 4. The van der Waals surface area contributed by atoms with Crippen molar-refractivity contribution in [1.82, 2.24) is 19.9 Å². The van der Waals surface area contributed by atoms with Gasteiger partial charge in [0.2, 0.25) is 5.91 Å². The average molecular weight is 501 g/mol. The van der Waals surface area contributed by atoms with Gasteiger partial charge in [-0.1, -0.05) is 35.1 Å². The van der Waals surface area contributed by atoms with Crippen LogP contribution in [0.1, 0.15) is 21.1 Å². The van der Waals surface area contributed by atoms with Crippen LogP contribution >= 0.6 is 22.9 Å². The van der Waals surface area contributed by atoms with Crippen molar-refractivity contribution in [2.24, 2.45) is 5.73 Å². The number of hydrogen-bond acceptors (Lipinski definition) is 9. The molecule has 1 fully saturated rings. The van der Waals surface area contributed by atoms with E-state index < -0.39 is 0 Å². The molecule has 2 aromatic heterocycles. The van der Waals surface area contributed by atoms with Crippen LogP contribution in [0.15, 0.2) is 30.5 Å². The fraction of sp³-hybridized carbons (Fsp3) is 0.318. The molecule has 0 bridgehead atoms. The SMILES string of the molecule is Cc1nc(Nc2ncc(C(=O)Nc3c(C)cccc3Cl)s2)cc(N2CCN(CC(N)=O)CC2)n1. The van der Waals surface area contributed by atoms with Crippen LogP contribution in [0.2, 0.25) is 5.02 Å². The summed E-state index contributed by atoms with van der Waals surface area (Å²) in [6, 6.07) is 7.30. The fourth-order valence-corrected chi connectivity index (χ4v) is 4.63. The maximum atomic E-state index is 12.7. The van der Waals surface area contributed by atoms with Gasteiger partial charge in [0.25, 0.3) is 5.91 Å². The number of nitrogens with one attached hydrogen (secondary N) is 2. The lowest BCUT2D eigenvalue weighted by Crippen LogP contribution is -2.49. The standard InChI is InChI=1S/C22H25ClN8O2S/c1-13-4-3-5-15(23)20(13)29-21(33)16-11-25-22(34-16)28-18-10-19(27-14(2)26-18)31-8-6-30(7-9-31)12-17(24)32/h3-5,10-11H,6-9,12H2,1-2H3,(H2,24,32)(H,29,33)(H,25,26,27,28). The number of primary amides is 1. The van der Waals surface area contributed by atoms with E-state index >= 15 is 0 Å². The van der Waals surface area contributed by atoms with Crippen LogP contribution in [0.5, 0.6) is 0 Å². The molecule has 3 heterocycles. The zero-order valence-electron chi connectivity index (χ0n) is 18.8. The molecule has 0 radical (unpaired) electrons. The summed E-state index contributed by atoms with van der Waals surface area (Å²) in [7, 11) is 0. The molecular formula is C22H25ClN8O2S. The first kappa shape index (κ1) is 23.9. The molecule has 178 valence electrons. The topological polar surface area (TPSA) is 129 Å². The van der Waals surface area contributed by atoms with Gasteiger partial charge >= 0.3 is 0 Å². The minimum absolute atomic E-state index is 0.263. The van der Waals surface area contributed by atoms with E-state index in [9.17, 15) is 9.59 Å². The lowest BCUT2D eigenvalue weighted by atomic mass is 10.2. The number of carbonyl (C=O) groups excluding carboxylic acids is 2. The lowest BCUT2D eigenvalue weighted by Gasteiger charge is -2.34. The minimum atomic E-state index is -0.323. The Labute approximate surface area is 206 Å². The Hall–Kier alpha value is -3.28. The number of hydrogen-bond donors (Lipinski definition) is 3. The molecule has 0 atom stereocenters. The van der Waals surface area contributed by atoms with E-state index in [1.807, 2.05) is 36.9 Å². The number of carbonyl (C=O) groups is 2. The maximum Gasteiger partial charge on any atom is 0.267 e. The molecule has 1 saturated heterocycles. The Balaban J connectivity index is 1.42. The number of aromatic nitrogens is 3. The average Bonchev–Trinajstić information content (AvgIpc) is 3.24. The number of amides is 2. The second kappa shape index (κ2) is 10.3. The van der Waals surface area contributed by atoms with Gasteiger partial charge in [0.15, 0.2) is 5.13 Å². The van der Waals surface area contributed by atoms with Gasteiger partial charge in [0.1, 0.15) is 22.3 Å². The smallest absolute Gasteiger partial charge is 0.267 e. The quantitative estimate of drug-likeness (QED) is 0.451. The highest BCUT2D eigenvalue weighted by molar-refractivity contribution is 7.17. The van der Waals surface area contributed by atoms with Gasteiger partial charge in [-0.3, -0.25) is 14.5 Å². The number of piperazine rings is 1. The van der Waals surface area contributed by atoms with Gasteiger partial charge in [-0.15, -0.1) is 0 Å². The summed E-state index contributed by atoms with van der Waals surface area (Å²) >= 11 is 7.43. The van der Waals surface area contributed by atoms with Crippen molar-refractivity contribution in [3.8, 4) is 0 Å². The van der Waals surface area contributed by atoms with E-state index in [-0.39, 0.29) is 18.4 Å². The number of halogens is 1. The van der Waals surface area contributed by atoms with Gasteiger partial charge in [0.05, 0.1) is 23.5 Å². The first-order chi connectivity index (χ1) is 16.3. The van der Waals surface area contributed by atoms with Crippen molar-refractivity contribution in [3.05, 3.63) is 51.7 Å². The van der Waals surface area contributed by atoms with E-state index in [1.165, 1.54) is 17.5 Å². The Morgan fingerprint density at radius 2 is 1.94 bits per heavy atom. The fourth-order valence-electron chi connectivity index (χ4n) is 3.65. The summed E-state index contributed by atoms with van der Waals surface area (Å²) in [5.41, 5.74) is 6.76. The zero-order valence-corrected chi connectivity index (χ0v) is 20.4. The Morgan fingerprint density at radius 3 is 2.65 bits per heavy atom. The Morgan fingerprint density at radius 1 is 1.18 bits per heavy atom. The molecule has 2 amide bonds. The molecule has 0 saturated carbocycles. The van der Waals surface area contributed by atoms with Gasteiger partial charge in [-0.05, 0) is 25.5 Å². The van der Waals surface area contributed by atoms with Crippen molar-refractivity contribution >= 4 is 57.2 Å². The highest BCUT2D eigenvalue weighted by Crippen LogP contribution is 2.28. The lowest BCUT2D eigenvalue weighted by molar-refractivity contribution is -0.119. The third-order valence-corrected chi connectivity index (χ3v) is 6.55. The zero-order chi connectivity index (χ0) is 24.2. The van der Waals surface area contributed by atoms with Crippen LogP contribution in [0, 0.1) is 13.8 Å². The molecule has 12 heteroatoms. The second-order valence-electron chi connectivity index (χ2n) is 7.93. The van der Waals surface area contributed by atoms with E-state index in [4.69, 9.17) is 17.3 Å². The van der Waals surface area contributed by atoms with Crippen LogP contribution in [-0.2, 0) is 4.79 Å². The highest BCUT2D eigenvalue weighted by Gasteiger charge is 2.20. The molecule has 3 aromatic rings. The van der Waals surface area contributed by atoms with Gasteiger partial charge in [0, 0.05) is 32.2 Å². The van der Waals surface area contributed by atoms with E-state index in [0.29, 0.717) is 32.4 Å². The summed E-state index contributed by atoms with van der Waals surface area (Å²) < 4.78 is 0. The molecule has 10 nitrogen and oxygen atoms in total. The van der Waals surface area contributed by atoms with Crippen LogP contribution in [-0.4, -0.2) is 64.4 Å². The number of nitrogens with two attached hydrogens (primary N) is 1. The molecule has 0 aliphatic carbocycles. The third-order valence-electron chi connectivity index (χ3n) is 5.33. The normalized spacial score (nSPS) is 14.1. The van der Waals surface area contributed by atoms with Crippen molar-refractivity contribution in [1.29, 1.82) is 0 Å². The van der Waals surface area contributed by atoms with Crippen LogP contribution in [0.3, 0.4) is 0 Å². The molecule has 34 heavy (non-hydrogen) atoms. The van der Waals surface area contributed by atoms with Crippen molar-refractivity contribution in [2.75, 3.05) is 48.3 Å². The van der Waals surface area contributed by atoms with Crippen LogP contribution in [0.25, 0.3) is 0 Å². The number of rotatable bonds is 7. The number of aryl methyl sites for hydroxylation is 2. The van der Waals surface area contributed by atoms with Crippen molar-refractivity contribution in [3.63, 3.8) is 0 Å².